The first kappa shape index (κ1) is 18.4. The molecule has 2 aromatic heterocycles. The maximum Gasteiger partial charge on any atom is 0.225 e. The fraction of sp³-hybridized carbons (Fsp3) is 0.579. The summed E-state index contributed by atoms with van der Waals surface area (Å²) < 4.78 is 0. The summed E-state index contributed by atoms with van der Waals surface area (Å²) in [7, 11) is 0. The summed E-state index contributed by atoms with van der Waals surface area (Å²) in [6.45, 7) is 6.12. The fourth-order valence-electron chi connectivity index (χ4n) is 3.96. The Labute approximate surface area is 164 Å². The van der Waals surface area contributed by atoms with Crippen LogP contribution in [0.5, 0.6) is 0 Å². The van der Waals surface area contributed by atoms with Crippen LogP contribution in [0.25, 0.3) is 0 Å². The minimum atomic E-state index is -0.202. The summed E-state index contributed by atoms with van der Waals surface area (Å²) in [5, 5.41) is 21.6. The third kappa shape index (κ3) is 4.14. The van der Waals surface area contributed by atoms with E-state index < -0.39 is 0 Å². The zero-order valence-corrected chi connectivity index (χ0v) is 16.4. The fourth-order valence-corrected chi connectivity index (χ4v) is 4.06. The van der Waals surface area contributed by atoms with Gasteiger partial charge in [0.15, 0.2) is 5.15 Å². The minimum Gasteiger partial charge on any atom is -0.393 e. The molecule has 0 amide bonds. The SMILES string of the molecule is CC1(C)Cc2nc(N3CCC(O)CC3)ncc2[C@@H](Nc2ccc(Cl)nn2)C1. The molecule has 1 saturated heterocycles. The van der Waals surface area contributed by atoms with Gasteiger partial charge in [-0.25, -0.2) is 9.97 Å². The second kappa shape index (κ2) is 7.20. The summed E-state index contributed by atoms with van der Waals surface area (Å²) in [4.78, 5) is 11.7. The second-order valence-electron chi connectivity index (χ2n) is 8.27. The van der Waals surface area contributed by atoms with Crippen molar-refractivity contribution in [2.45, 2.75) is 51.7 Å². The van der Waals surface area contributed by atoms with E-state index in [1.54, 1.807) is 6.07 Å². The van der Waals surface area contributed by atoms with E-state index in [1.807, 2.05) is 12.3 Å². The Hall–Kier alpha value is -1.99. The first-order valence-corrected chi connectivity index (χ1v) is 9.82. The quantitative estimate of drug-likeness (QED) is 0.835. The number of piperidine rings is 1. The number of fused-ring (bicyclic) bond motifs is 1. The maximum atomic E-state index is 9.73. The zero-order valence-electron chi connectivity index (χ0n) is 15.7. The van der Waals surface area contributed by atoms with Gasteiger partial charge in [0.25, 0.3) is 0 Å². The van der Waals surface area contributed by atoms with Gasteiger partial charge in [0.2, 0.25) is 5.95 Å². The van der Waals surface area contributed by atoms with Crippen LogP contribution >= 0.6 is 11.6 Å². The highest BCUT2D eigenvalue weighted by Gasteiger charge is 2.34. The Morgan fingerprint density at radius 2 is 2.00 bits per heavy atom. The molecule has 0 aromatic carbocycles. The lowest BCUT2D eigenvalue weighted by molar-refractivity contribution is 0.145. The first-order chi connectivity index (χ1) is 12.9. The van der Waals surface area contributed by atoms with Crippen LogP contribution in [-0.2, 0) is 6.42 Å². The lowest BCUT2D eigenvalue weighted by atomic mass is 9.74. The van der Waals surface area contributed by atoms with Crippen LogP contribution in [0.2, 0.25) is 5.15 Å². The van der Waals surface area contributed by atoms with Crippen LogP contribution in [0.4, 0.5) is 11.8 Å². The summed E-state index contributed by atoms with van der Waals surface area (Å²) >= 11 is 5.84. The van der Waals surface area contributed by atoms with Crippen LogP contribution in [-0.4, -0.2) is 44.5 Å². The summed E-state index contributed by atoms with van der Waals surface area (Å²) in [6, 6.07) is 3.65. The molecule has 1 aliphatic heterocycles. The summed E-state index contributed by atoms with van der Waals surface area (Å²) in [5.41, 5.74) is 2.32. The average molecular weight is 389 g/mol. The first-order valence-electron chi connectivity index (χ1n) is 9.44. The number of aromatic nitrogens is 4. The van der Waals surface area contributed by atoms with Crippen LogP contribution in [0.1, 0.15) is 50.4 Å². The topological polar surface area (TPSA) is 87.1 Å². The number of hydrogen-bond acceptors (Lipinski definition) is 7. The molecular weight excluding hydrogens is 364 g/mol. The third-order valence-corrected chi connectivity index (χ3v) is 5.57. The van der Waals surface area contributed by atoms with Gasteiger partial charge < -0.3 is 15.3 Å². The predicted octanol–water partition coefficient (Wildman–Crippen LogP) is 3.01. The van der Waals surface area contributed by atoms with Gasteiger partial charge in [0, 0.05) is 24.8 Å². The Balaban J connectivity index is 1.60. The smallest absolute Gasteiger partial charge is 0.225 e. The summed E-state index contributed by atoms with van der Waals surface area (Å²) in [6.07, 6.45) is 5.16. The van der Waals surface area contributed by atoms with E-state index in [0.29, 0.717) is 11.0 Å². The number of aliphatic hydroxyl groups is 1. The van der Waals surface area contributed by atoms with E-state index in [1.165, 1.54) is 0 Å². The van der Waals surface area contributed by atoms with Crippen LogP contribution in [0.3, 0.4) is 0 Å². The lowest BCUT2D eigenvalue weighted by Crippen LogP contribution is -2.38. The van der Waals surface area contributed by atoms with Gasteiger partial charge in [-0.05, 0) is 43.2 Å². The van der Waals surface area contributed by atoms with E-state index in [2.05, 4.69) is 39.2 Å². The number of nitrogens with zero attached hydrogens (tertiary/aromatic N) is 5. The van der Waals surface area contributed by atoms with Crippen LogP contribution < -0.4 is 10.2 Å². The normalized spacial score (nSPS) is 22.4. The lowest BCUT2D eigenvalue weighted by Gasteiger charge is -2.37. The van der Waals surface area contributed by atoms with E-state index >= 15 is 0 Å². The number of aliphatic hydroxyl groups excluding tert-OH is 1. The van der Waals surface area contributed by atoms with Crippen molar-refractivity contribution < 1.29 is 5.11 Å². The number of nitrogens with one attached hydrogen (secondary N) is 1. The van der Waals surface area contributed by atoms with Gasteiger partial charge in [-0.15, -0.1) is 10.2 Å². The van der Waals surface area contributed by atoms with Crippen LogP contribution in [0.15, 0.2) is 18.3 Å². The van der Waals surface area contributed by atoms with Gasteiger partial charge in [0.1, 0.15) is 5.82 Å². The molecule has 4 rings (SSSR count). The van der Waals surface area contributed by atoms with Gasteiger partial charge in [0.05, 0.1) is 17.8 Å². The standard InChI is InChI=1S/C19H25ClN6O/c1-19(2)9-14(22-17-4-3-16(20)24-25-17)13-11-21-18(23-15(13)10-19)26-7-5-12(27)6-8-26/h3-4,11-12,14,27H,5-10H2,1-2H3,(H,22,25)/t14-/m0/s1. The van der Waals surface area contributed by atoms with Crippen molar-refractivity contribution in [3.63, 3.8) is 0 Å². The molecule has 7 nitrogen and oxygen atoms in total. The zero-order chi connectivity index (χ0) is 19.0. The maximum absolute atomic E-state index is 9.73. The molecule has 0 unspecified atom stereocenters. The molecule has 1 fully saturated rings. The molecule has 2 N–H and O–H groups in total. The molecule has 0 radical (unpaired) electrons. The number of hydrogen-bond donors (Lipinski definition) is 2. The van der Waals surface area contributed by atoms with E-state index in [-0.39, 0.29) is 17.6 Å². The predicted molar refractivity (Wildman–Crippen MR) is 105 cm³/mol. The van der Waals surface area contributed by atoms with Crippen molar-refractivity contribution in [3.8, 4) is 0 Å². The molecule has 1 atom stereocenters. The monoisotopic (exact) mass is 388 g/mol. The Bertz CT molecular complexity index is 804. The molecule has 144 valence electrons. The van der Waals surface area contributed by atoms with Crippen molar-refractivity contribution in [1.82, 2.24) is 20.2 Å². The van der Waals surface area contributed by atoms with Gasteiger partial charge in [-0.3, -0.25) is 0 Å². The molecule has 27 heavy (non-hydrogen) atoms. The number of halogens is 1. The highest BCUT2D eigenvalue weighted by molar-refractivity contribution is 6.29. The molecule has 0 bridgehead atoms. The van der Waals surface area contributed by atoms with E-state index in [4.69, 9.17) is 16.6 Å². The van der Waals surface area contributed by atoms with E-state index in [9.17, 15) is 5.11 Å². The van der Waals surface area contributed by atoms with Gasteiger partial charge in [-0.2, -0.15) is 0 Å². The molecule has 8 heteroatoms. The Kier molecular flexibility index (Phi) is 4.90. The highest BCUT2D eigenvalue weighted by Crippen LogP contribution is 2.41. The Morgan fingerprint density at radius 1 is 1.22 bits per heavy atom. The van der Waals surface area contributed by atoms with Gasteiger partial charge in [-0.1, -0.05) is 25.4 Å². The molecule has 1 aliphatic carbocycles. The largest absolute Gasteiger partial charge is 0.393 e. The van der Waals surface area contributed by atoms with Crippen molar-refractivity contribution in [2.24, 2.45) is 5.41 Å². The minimum absolute atomic E-state index is 0.0800. The van der Waals surface area contributed by atoms with Crippen molar-refractivity contribution in [2.75, 3.05) is 23.3 Å². The highest BCUT2D eigenvalue weighted by atomic mass is 35.5. The molecule has 2 aromatic rings. The summed E-state index contributed by atoms with van der Waals surface area (Å²) in [5.74, 6) is 1.46. The molecule has 2 aliphatic rings. The van der Waals surface area contributed by atoms with Gasteiger partial charge >= 0.3 is 0 Å². The molecule has 0 spiro atoms. The number of anilines is 2. The average Bonchev–Trinajstić information content (AvgIpc) is 2.63. The molecule has 3 heterocycles. The third-order valence-electron chi connectivity index (χ3n) is 5.37. The second-order valence-corrected chi connectivity index (χ2v) is 8.66. The van der Waals surface area contributed by atoms with Crippen molar-refractivity contribution >= 4 is 23.4 Å². The number of rotatable bonds is 3. The Morgan fingerprint density at radius 3 is 2.70 bits per heavy atom. The van der Waals surface area contributed by atoms with Crippen LogP contribution in [0, 0.1) is 5.41 Å². The van der Waals surface area contributed by atoms with Crippen molar-refractivity contribution in [3.05, 3.63) is 34.7 Å². The molecule has 0 saturated carbocycles. The molecular formula is C19H25ClN6O. The van der Waals surface area contributed by atoms with E-state index in [0.717, 1.165) is 56.0 Å². The van der Waals surface area contributed by atoms with Crippen molar-refractivity contribution in [1.29, 1.82) is 0 Å².